The van der Waals surface area contributed by atoms with E-state index >= 15 is 0 Å². The fourth-order valence-electron chi connectivity index (χ4n) is 1.25. The molecule has 1 rings (SSSR count). The van der Waals surface area contributed by atoms with Gasteiger partial charge in [0.15, 0.2) is 0 Å². The minimum atomic E-state index is -4.13. The zero-order chi connectivity index (χ0) is 11.5. The minimum Gasteiger partial charge on any atom is -0.324 e. The van der Waals surface area contributed by atoms with E-state index in [0.717, 1.165) is 9.13 Å². The minimum absolute atomic E-state index is 0. The molecule has 16 heavy (non-hydrogen) atoms. The molecule has 1 atom stereocenters. The van der Waals surface area contributed by atoms with E-state index in [-0.39, 0.29) is 18.8 Å². The fourth-order valence-corrected chi connectivity index (χ4v) is 2.04. The molecule has 92 valence electrons. The molecule has 0 fully saturated rings. The summed E-state index contributed by atoms with van der Waals surface area (Å²) in [6, 6.07) is 6.68. The standard InChI is InChI=1S/C10H11F3IN.ClH/c11-10(12,13)6-5-9(15)7-3-1-2-4-8(7)14;/h1-4,9H,5-6,15H2;1H/t9-;/m0./s1. The first-order valence-corrected chi connectivity index (χ1v) is 5.55. The highest BCUT2D eigenvalue weighted by molar-refractivity contribution is 14.1. The quantitative estimate of drug-likeness (QED) is 0.804. The molecule has 1 aromatic rings. The first-order chi connectivity index (χ1) is 6.90. The third kappa shape index (κ3) is 5.36. The van der Waals surface area contributed by atoms with Gasteiger partial charge in [-0.05, 0) is 40.6 Å². The Morgan fingerprint density at radius 1 is 1.25 bits per heavy atom. The molecular weight excluding hydrogens is 353 g/mol. The van der Waals surface area contributed by atoms with Crippen molar-refractivity contribution in [2.45, 2.75) is 25.1 Å². The van der Waals surface area contributed by atoms with Crippen molar-refractivity contribution in [2.24, 2.45) is 5.73 Å². The van der Waals surface area contributed by atoms with Gasteiger partial charge >= 0.3 is 6.18 Å². The molecule has 0 saturated heterocycles. The van der Waals surface area contributed by atoms with Crippen LogP contribution in [0, 0.1) is 3.57 Å². The van der Waals surface area contributed by atoms with E-state index in [1.807, 2.05) is 12.1 Å². The lowest BCUT2D eigenvalue weighted by atomic mass is 10.0. The van der Waals surface area contributed by atoms with Crippen molar-refractivity contribution in [1.82, 2.24) is 0 Å². The van der Waals surface area contributed by atoms with E-state index in [9.17, 15) is 13.2 Å². The van der Waals surface area contributed by atoms with Gasteiger partial charge in [-0.3, -0.25) is 0 Å². The van der Waals surface area contributed by atoms with Crippen LogP contribution in [-0.4, -0.2) is 6.18 Å². The molecule has 0 heterocycles. The number of nitrogens with two attached hydrogens (primary N) is 1. The van der Waals surface area contributed by atoms with E-state index in [1.165, 1.54) is 0 Å². The zero-order valence-electron chi connectivity index (χ0n) is 8.30. The van der Waals surface area contributed by atoms with Crippen molar-refractivity contribution in [2.75, 3.05) is 0 Å². The summed E-state index contributed by atoms with van der Waals surface area (Å²) < 4.78 is 36.8. The molecule has 0 aliphatic rings. The molecule has 0 aromatic heterocycles. The fraction of sp³-hybridized carbons (Fsp3) is 0.400. The maximum Gasteiger partial charge on any atom is 0.389 e. The zero-order valence-corrected chi connectivity index (χ0v) is 11.3. The number of halogens is 5. The molecule has 0 aliphatic heterocycles. The van der Waals surface area contributed by atoms with Gasteiger partial charge < -0.3 is 5.73 Å². The predicted octanol–water partition coefficient (Wildman–Crippen LogP) is 4.06. The third-order valence-corrected chi connectivity index (χ3v) is 3.03. The lowest BCUT2D eigenvalue weighted by Crippen LogP contribution is -2.16. The van der Waals surface area contributed by atoms with Gasteiger partial charge in [-0.15, -0.1) is 12.4 Å². The SMILES string of the molecule is Cl.N[C@@H](CCC(F)(F)F)c1ccccc1I. The molecule has 0 saturated carbocycles. The van der Waals surface area contributed by atoms with Gasteiger partial charge in [0.1, 0.15) is 0 Å². The monoisotopic (exact) mass is 365 g/mol. The summed E-state index contributed by atoms with van der Waals surface area (Å²) in [6.07, 6.45) is -5.03. The Kier molecular flexibility index (Phi) is 6.65. The Balaban J connectivity index is 0.00000225. The van der Waals surface area contributed by atoms with E-state index in [0.29, 0.717) is 0 Å². The van der Waals surface area contributed by atoms with Crippen LogP contribution >= 0.6 is 35.0 Å². The molecule has 0 unspecified atom stereocenters. The molecule has 0 amide bonds. The summed E-state index contributed by atoms with van der Waals surface area (Å²) in [5, 5.41) is 0. The first-order valence-electron chi connectivity index (χ1n) is 4.47. The topological polar surface area (TPSA) is 26.0 Å². The number of hydrogen-bond donors (Lipinski definition) is 1. The normalized spacial score (nSPS) is 13.1. The Hall–Kier alpha value is -0.0100. The van der Waals surface area contributed by atoms with Gasteiger partial charge in [0.2, 0.25) is 0 Å². The van der Waals surface area contributed by atoms with Gasteiger partial charge in [-0.2, -0.15) is 13.2 Å². The Morgan fingerprint density at radius 2 is 1.81 bits per heavy atom. The van der Waals surface area contributed by atoms with Crippen molar-refractivity contribution in [1.29, 1.82) is 0 Å². The molecule has 2 N–H and O–H groups in total. The van der Waals surface area contributed by atoms with Crippen LogP contribution in [-0.2, 0) is 0 Å². The van der Waals surface area contributed by atoms with Crippen molar-refractivity contribution < 1.29 is 13.2 Å². The molecular formula is C10H12ClF3IN. The summed E-state index contributed by atoms with van der Waals surface area (Å²) in [5.41, 5.74) is 6.48. The molecule has 0 bridgehead atoms. The molecule has 0 radical (unpaired) electrons. The van der Waals surface area contributed by atoms with Crippen molar-refractivity contribution >= 4 is 35.0 Å². The van der Waals surface area contributed by atoms with Crippen LogP contribution in [0.3, 0.4) is 0 Å². The maximum absolute atomic E-state index is 12.0. The summed E-state index contributed by atoms with van der Waals surface area (Å²) in [4.78, 5) is 0. The third-order valence-electron chi connectivity index (χ3n) is 2.04. The van der Waals surface area contributed by atoms with Gasteiger partial charge in [-0.1, -0.05) is 18.2 Å². The van der Waals surface area contributed by atoms with Crippen LogP contribution in [0.4, 0.5) is 13.2 Å². The summed E-state index contributed by atoms with van der Waals surface area (Å²) in [6.45, 7) is 0. The molecule has 6 heteroatoms. The highest BCUT2D eigenvalue weighted by Crippen LogP contribution is 2.27. The van der Waals surface area contributed by atoms with Crippen LogP contribution < -0.4 is 5.73 Å². The van der Waals surface area contributed by atoms with Crippen molar-refractivity contribution in [3.63, 3.8) is 0 Å². The van der Waals surface area contributed by atoms with Crippen LogP contribution in [0.1, 0.15) is 24.4 Å². The summed E-state index contributed by atoms with van der Waals surface area (Å²) in [5.74, 6) is 0. The second kappa shape index (κ2) is 6.66. The maximum atomic E-state index is 12.0. The average molecular weight is 366 g/mol. The summed E-state index contributed by atoms with van der Waals surface area (Å²) >= 11 is 2.07. The number of alkyl halides is 3. The molecule has 1 nitrogen and oxygen atoms in total. The van der Waals surface area contributed by atoms with E-state index in [2.05, 4.69) is 22.6 Å². The Labute approximate surface area is 112 Å². The van der Waals surface area contributed by atoms with Crippen LogP contribution in [0.2, 0.25) is 0 Å². The highest BCUT2D eigenvalue weighted by Gasteiger charge is 2.28. The van der Waals surface area contributed by atoms with Gasteiger partial charge in [-0.25, -0.2) is 0 Å². The lowest BCUT2D eigenvalue weighted by Gasteiger charge is -2.14. The summed E-state index contributed by atoms with van der Waals surface area (Å²) in [7, 11) is 0. The van der Waals surface area contributed by atoms with E-state index in [1.54, 1.807) is 12.1 Å². The van der Waals surface area contributed by atoms with Gasteiger partial charge in [0.25, 0.3) is 0 Å². The lowest BCUT2D eigenvalue weighted by molar-refractivity contribution is -0.136. The van der Waals surface area contributed by atoms with Gasteiger partial charge in [0, 0.05) is 16.0 Å². The molecule has 0 spiro atoms. The number of benzene rings is 1. The second-order valence-corrected chi connectivity index (χ2v) is 4.44. The van der Waals surface area contributed by atoms with Crippen molar-refractivity contribution in [3.8, 4) is 0 Å². The van der Waals surface area contributed by atoms with Crippen LogP contribution in [0.5, 0.6) is 0 Å². The Bertz CT molecular complexity index is 330. The molecule has 1 aromatic carbocycles. The van der Waals surface area contributed by atoms with Crippen LogP contribution in [0.25, 0.3) is 0 Å². The van der Waals surface area contributed by atoms with Gasteiger partial charge in [0.05, 0.1) is 0 Å². The van der Waals surface area contributed by atoms with Crippen LogP contribution in [0.15, 0.2) is 24.3 Å². The largest absolute Gasteiger partial charge is 0.389 e. The predicted molar refractivity (Wildman–Crippen MR) is 68.6 cm³/mol. The number of hydrogen-bond acceptors (Lipinski definition) is 1. The molecule has 0 aliphatic carbocycles. The average Bonchev–Trinajstić information content (AvgIpc) is 2.14. The Morgan fingerprint density at radius 3 is 2.31 bits per heavy atom. The van der Waals surface area contributed by atoms with Crippen molar-refractivity contribution in [3.05, 3.63) is 33.4 Å². The smallest absolute Gasteiger partial charge is 0.324 e. The second-order valence-electron chi connectivity index (χ2n) is 3.28. The van der Waals surface area contributed by atoms with E-state index in [4.69, 9.17) is 5.73 Å². The highest BCUT2D eigenvalue weighted by atomic mass is 127. The number of rotatable bonds is 3. The first kappa shape index (κ1) is 16.0. The van der Waals surface area contributed by atoms with E-state index < -0.39 is 18.6 Å².